The van der Waals surface area contributed by atoms with Crippen LogP contribution in [0.4, 0.5) is 5.69 Å². The molecule has 0 saturated carbocycles. The van der Waals surface area contributed by atoms with Gasteiger partial charge in [-0.15, -0.1) is 0 Å². The van der Waals surface area contributed by atoms with E-state index in [2.05, 4.69) is 60.3 Å². The Labute approximate surface area is 115 Å². The Bertz CT molecular complexity index is 556. The first-order chi connectivity index (χ1) is 8.97. The summed E-state index contributed by atoms with van der Waals surface area (Å²) in [6.07, 6.45) is 1.80. The molecule has 0 atom stereocenters. The van der Waals surface area contributed by atoms with Gasteiger partial charge in [-0.1, -0.05) is 39.0 Å². The molecule has 100 valence electrons. The van der Waals surface area contributed by atoms with Crippen molar-refractivity contribution in [3.8, 4) is 0 Å². The molecule has 3 heteroatoms. The molecule has 0 fully saturated rings. The van der Waals surface area contributed by atoms with Gasteiger partial charge in [-0.2, -0.15) is 0 Å². The van der Waals surface area contributed by atoms with Crippen molar-refractivity contribution in [2.75, 3.05) is 5.32 Å². The molecule has 0 aliphatic carbocycles. The molecule has 19 heavy (non-hydrogen) atoms. The van der Waals surface area contributed by atoms with Crippen molar-refractivity contribution in [3.05, 3.63) is 53.6 Å². The lowest BCUT2D eigenvalue weighted by molar-refractivity contribution is 0.591. The third kappa shape index (κ3) is 3.53. The molecule has 2 aromatic rings. The summed E-state index contributed by atoms with van der Waals surface area (Å²) in [5.41, 5.74) is 3.63. The van der Waals surface area contributed by atoms with Crippen LogP contribution in [-0.4, -0.2) is 9.97 Å². The summed E-state index contributed by atoms with van der Waals surface area (Å²) in [5.74, 6) is 0.809. The average Bonchev–Trinajstić information content (AvgIpc) is 2.36. The van der Waals surface area contributed by atoms with Crippen LogP contribution in [0, 0.1) is 6.92 Å². The predicted molar refractivity (Wildman–Crippen MR) is 79.2 cm³/mol. The van der Waals surface area contributed by atoms with Crippen LogP contribution in [0.2, 0.25) is 0 Å². The number of benzene rings is 1. The smallest absolute Gasteiger partial charge is 0.125 e. The fourth-order valence-electron chi connectivity index (χ4n) is 2.08. The highest BCUT2D eigenvalue weighted by Crippen LogP contribution is 2.29. The topological polar surface area (TPSA) is 37.8 Å². The van der Waals surface area contributed by atoms with Crippen molar-refractivity contribution in [2.45, 2.75) is 39.7 Å². The van der Waals surface area contributed by atoms with E-state index in [1.54, 1.807) is 6.20 Å². The summed E-state index contributed by atoms with van der Waals surface area (Å²) >= 11 is 0. The van der Waals surface area contributed by atoms with E-state index in [-0.39, 0.29) is 5.41 Å². The summed E-state index contributed by atoms with van der Waals surface area (Å²) in [7, 11) is 0. The van der Waals surface area contributed by atoms with Gasteiger partial charge < -0.3 is 5.32 Å². The minimum absolute atomic E-state index is 0.130. The van der Waals surface area contributed by atoms with Crippen molar-refractivity contribution in [1.82, 2.24) is 9.97 Å². The summed E-state index contributed by atoms with van der Waals surface area (Å²) in [4.78, 5) is 8.52. The van der Waals surface area contributed by atoms with E-state index in [4.69, 9.17) is 0 Å². The van der Waals surface area contributed by atoms with E-state index >= 15 is 0 Å². The van der Waals surface area contributed by atoms with Crippen LogP contribution in [0.15, 0.2) is 36.5 Å². The lowest BCUT2D eigenvalue weighted by Gasteiger charge is -2.23. The minimum atomic E-state index is 0.130. The Kier molecular flexibility index (Phi) is 3.84. The first-order valence-electron chi connectivity index (χ1n) is 6.59. The van der Waals surface area contributed by atoms with Crippen molar-refractivity contribution in [3.63, 3.8) is 0 Å². The number of para-hydroxylation sites is 1. The zero-order valence-electron chi connectivity index (χ0n) is 12.1. The van der Waals surface area contributed by atoms with Gasteiger partial charge in [0.25, 0.3) is 0 Å². The van der Waals surface area contributed by atoms with Gasteiger partial charge in [0.15, 0.2) is 0 Å². The summed E-state index contributed by atoms with van der Waals surface area (Å²) < 4.78 is 0. The second-order valence-electron chi connectivity index (χ2n) is 5.74. The predicted octanol–water partition coefficient (Wildman–Crippen LogP) is 3.69. The van der Waals surface area contributed by atoms with E-state index in [1.165, 1.54) is 11.3 Å². The summed E-state index contributed by atoms with van der Waals surface area (Å²) in [6, 6.07) is 10.4. The van der Waals surface area contributed by atoms with E-state index in [0.29, 0.717) is 0 Å². The molecule has 1 heterocycles. The number of nitrogens with zero attached hydrogens (tertiary/aromatic N) is 2. The number of nitrogens with one attached hydrogen (secondary N) is 1. The highest BCUT2D eigenvalue weighted by Gasteiger charge is 2.17. The number of aromatic nitrogens is 2. The lowest BCUT2D eigenvalue weighted by Crippen LogP contribution is -2.15. The van der Waals surface area contributed by atoms with Gasteiger partial charge in [0.05, 0.1) is 12.2 Å². The highest BCUT2D eigenvalue weighted by molar-refractivity contribution is 5.54. The number of hydrogen-bond acceptors (Lipinski definition) is 3. The molecule has 0 aliphatic heterocycles. The number of hydrogen-bond donors (Lipinski definition) is 1. The highest BCUT2D eigenvalue weighted by atomic mass is 14.9. The molecule has 0 radical (unpaired) electrons. The molecule has 3 nitrogen and oxygen atoms in total. The van der Waals surface area contributed by atoms with Crippen molar-refractivity contribution in [2.24, 2.45) is 0 Å². The molecule has 0 bridgehead atoms. The minimum Gasteiger partial charge on any atom is -0.379 e. The van der Waals surface area contributed by atoms with Crippen LogP contribution in [0.5, 0.6) is 0 Å². The lowest BCUT2D eigenvalue weighted by atomic mass is 9.86. The van der Waals surface area contributed by atoms with Crippen molar-refractivity contribution in [1.29, 1.82) is 0 Å². The van der Waals surface area contributed by atoms with Gasteiger partial charge in [0.2, 0.25) is 0 Å². The first kappa shape index (κ1) is 13.5. The molecule has 2 rings (SSSR count). The summed E-state index contributed by atoms with van der Waals surface area (Å²) in [5, 5.41) is 3.47. The second kappa shape index (κ2) is 5.39. The molecular weight excluding hydrogens is 234 g/mol. The quantitative estimate of drug-likeness (QED) is 0.908. The zero-order chi connectivity index (χ0) is 13.9. The van der Waals surface area contributed by atoms with Crippen LogP contribution in [0.3, 0.4) is 0 Å². The number of rotatable bonds is 3. The largest absolute Gasteiger partial charge is 0.379 e. The fourth-order valence-corrected chi connectivity index (χ4v) is 2.08. The molecule has 0 saturated heterocycles. The Morgan fingerprint density at radius 1 is 1.11 bits per heavy atom. The van der Waals surface area contributed by atoms with Gasteiger partial charge in [0, 0.05) is 11.9 Å². The molecule has 1 aromatic heterocycles. The number of anilines is 1. The van der Waals surface area contributed by atoms with Crippen molar-refractivity contribution < 1.29 is 0 Å². The van der Waals surface area contributed by atoms with Crippen LogP contribution in [-0.2, 0) is 12.0 Å². The van der Waals surface area contributed by atoms with E-state index in [1.807, 2.05) is 13.0 Å². The molecule has 0 spiro atoms. The Morgan fingerprint density at radius 2 is 1.84 bits per heavy atom. The maximum Gasteiger partial charge on any atom is 0.125 e. The SMILES string of the molecule is Cc1nccc(CNc2ccccc2C(C)(C)C)n1. The number of aryl methyl sites for hydroxylation is 1. The molecule has 1 N–H and O–H groups in total. The molecule has 0 unspecified atom stereocenters. The van der Waals surface area contributed by atoms with Crippen LogP contribution < -0.4 is 5.32 Å². The monoisotopic (exact) mass is 255 g/mol. The van der Waals surface area contributed by atoms with Gasteiger partial charge in [0.1, 0.15) is 5.82 Å². The third-order valence-electron chi connectivity index (χ3n) is 3.03. The Morgan fingerprint density at radius 3 is 2.53 bits per heavy atom. The standard InChI is InChI=1S/C16H21N3/c1-12-17-10-9-13(19-12)11-18-15-8-6-5-7-14(15)16(2,3)4/h5-10,18H,11H2,1-4H3. The second-order valence-corrected chi connectivity index (χ2v) is 5.74. The molecular formula is C16H21N3. The molecule has 0 amide bonds. The van der Waals surface area contributed by atoms with E-state index in [9.17, 15) is 0 Å². The maximum absolute atomic E-state index is 4.41. The van der Waals surface area contributed by atoms with Crippen molar-refractivity contribution >= 4 is 5.69 Å². The summed E-state index contributed by atoms with van der Waals surface area (Å²) in [6.45, 7) is 9.30. The van der Waals surface area contributed by atoms with Gasteiger partial charge in [-0.25, -0.2) is 9.97 Å². The van der Waals surface area contributed by atoms with Gasteiger partial charge in [-0.3, -0.25) is 0 Å². The van der Waals surface area contributed by atoms with E-state index in [0.717, 1.165) is 18.1 Å². The van der Waals surface area contributed by atoms with Gasteiger partial charge in [-0.05, 0) is 30.0 Å². The third-order valence-corrected chi connectivity index (χ3v) is 3.03. The molecule has 1 aromatic carbocycles. The average molecular weight is 255 g/mol. The maximum atomic E-state index is 4.41. The molecule has 0 aliphatic rings. The van der Waals surface area contributed by atoms with Gasteiger partial charge >= 0.3 is 0 Å². The van der Waals surface area contributed by atoms with Crippen LogP contribution in [0.1, 0.15) is 37.9 Å². The normalized spacial score (nSPS) is 11.4. The first-order valence-corrected chi connectivity index (χ1v) is 6.59. The van der Waals surface area contributed by atoms with Crippen LogP contribution in [0.25, 0.3) is 0 Å². The Hall–Kier alpha value is -1.90. The zero-order valence-corrected chi connectivity index (χ0v) is 12.1. The Balaban J connectivity index is 2.16. The van der Waals surface area contributed by atoms with E-state index < -0.39 is 0 Å². The fraction of sp³-hybridized carbons (Fsp3) is 0.375. The van der Waals surface area contributed by atoms with Crippen LogP contribution >= 0.6 is 0 Å².